The summed E-state index contributed by atoms with van der Waals surface area (Å²) in [5, 5.41) is 12.2. The minimum Gasteiger partial charge on any atom is -0.396 e. The van der Waals surface area contributed by atoms with Crippen LogP contribution in [0.5, 0.6) is 0 Å². The first-order valence-corrected chi connectivity index (χ1v) is 6.56. The Kier molecular flexibility index (Phi) is 6.23. The lowest BCUT2D eigenvalue weighted by molar-refractivity contribution is 0.282. The quantitative estimate of drug-likeness (QED) is 0.712. The Balaban J connectivity index is 2.41. The Morgan fingerprint density at radius 3 is 2.65 bits per heavy atom. The van der Waals surface area contributed by atoms with Crippen molar-refractivity contribution in [3.05, 3.63) is 34.9 Å². The van der Waals surface area contributed by atoms with Crippen molar-refractivity contribution in [2.75, 3.05) is 13.2 Å². The van der Waals surface area contributed by atoms with Gasteiger partial charge in [-0.3, -0.25) is 0 Å². The number of aliphatic hydroxyl groups excluding tert-OH is 1. The van der Waals surface area contributed by atoms with Gasteiger partial charge in [-0.25, -0.2) is 0 Å². The smallest absolute Gasteiger partial charge is 0.0431 e. The number of aliphatic hydroxyl groups is 1. The highest BCUT2D eigenvalue weighted by Crippen LogP contribution is 2.18. The molecule has 0 aliphatic rings. The van der Waals surface area contributed by atoms with Gasteiger partial charge in [0, 0.05) is 12.6 Å². The van der Waals surface area contributed by atoms with Crippen molar-refractivity contribution in [3.63, 3.8) is 0 Å². The van der Waals surface area contributed by atoms with Crippen LogP contribution >= 0.6 is 0 Å². The fourth-order valence-corrected chi connectivity index (χ4v) is 2.07. The molecule has 0 radical (unpaired) electrons. The molecule has 0 amide bonds. The van der Waals surface area contributed by atoms with Crippen molar-refractivity contribution < 1.29 is 5.11 Å². The minimum atomic E-state index is 0.312. The number of hydrogen-bond donors (Lipinski definition) is 2. The molecule has 0 fully saturated rings. The van der Waals surface area contributed by atoms with Crippen LogP contribution in [0.3, 0.4) is 0 Å². The fourth-order valence-electron chi connectivity index (χ4n) is 2.07. The van der Waals surface area contributed by atoms with Gasteiger partial charge in [-0.15, -0.1) is 0 Å². The molecule has 0 aliphatic carbocycles. The lowest BCUT2D eigenvalue weighted by Crippen LogP contribution is -2.20. The lowest BCUT2D eigenvalue weighted by Gasteiger charge is -2.17. The molecule has 1 aromatic carbocycles. The Morgan fingerprint density at radius 1 is 1.18 bits per heavy atom. The summed E-state index contributed by atoms with van der Waals surface area (Å²) in [6, 6.07) is 7.02. The van der Waals surface area contributed by atoms with Crippen LogP contribution in [0.25, 0.3) is 0 Å². The summed E-state index contributed by atoms with van der Waals surface area (Å²) in [4.78, 5) is 0. The van der Waals surface area contributed by atoms with Crippen molar-refractivity contribution >= 4 is 0 Å². The van der Waals surface area contributed by atoms with Crippen LogP contribution in [-0.4, -0.2) is 18.3 Å². The van der Waals surface area contributed by atoms with Gasteiger partial charge in [0.05, 0.1) is 0 Å². The molecule has 17 heavy (non-hydrogen) atoms. The second kappa shape index (κ2) is 7.46. The Labute approximate surface area is 105 Å². The number of nitrogens with one attached hydrogen (secondary N) is 1. The van der Waals surface area contributed by atoms with Gasteiger partial charge in [-0.2, -0.15) is 0 Å². The van der Waals surface area contributed by atoms with Gasteiger partial charge in [-0.1, -0.05) is 23.8 Å². The summed E-state index contributed by atoms with van der Waals surface area (Å²) >= 11 is 0. The molecule has 0 bridgehead atoms. The second-order valence-electron chi connectivity index (χ2n) is 4.82. The first-order chi connectivity index (χ1) is 8.15. The molecule has 1 atom stereocenters. The molecule has 2 nitrogen and oxygen atoms in total. The van der Waals surface area contributed by atoms with Gasteiger partial charge >= 0.3 is 0 Å². The van der Waals surface area contributed by atoms with Gasteiger partial charge in [0.1, 0.15) is 0 Å². The van der Waals surface area contributed by atoms with E-state index in [4.69, 9.17) is 5.11 Å². The molecule has 0 heterocycles. The van der Waals surface area contributed by atoms with E-state index in [-0.39, 0.29) is 0 Å². The molecule has 0 aliphatic heterocycles. The topological polar surface area (TPSA) is 32.3 Å². The van der Waals surface area contributed by atoms with E-state index in [1.54, 1.807) is 0 Å². The molecule has 1 aromatic rings. The maximum absolute atomic E-state index is 8.70. The van der Waals surface area contributed by atoms with Crippen LogP contribution in [-0.2, 0) is 0 Å². The van der Waals surface area contributed by atoms with Crippen molar-refractivity contribution in [1.82, 2.24) is 5.32 Å². The van der Waals surface area contributed by atoms with Gasteiger partial charge < -0.3 is 10.4 Å². The number of unbranched alkanes of at least 4 members (excludes halogenated alkanes) is 2. The maximum Gasteiger partial charge on any atom is 0.0431 e. The molecule has 0 saturated carbocycles. The van der Waals surface area contributed by atoms with Gasteiger partial charge in [-0.05, 0) is 57.7 Å². The molecule has 2 heteroatoms. The molecular formula is C15H25NO. The predicted molar refractivity (Wildman–Crippen MR) is 73.3 cm³/mol. The number of rotatable bonds is 7. The molecular weight excluding hydrogens is 210 g/mol. The predicted octanol–water partition coefficient (Wildman–Crippen LogP) is 3.12. The summed E-state index contributed by atoms with van der Waals surface area (Å²) in [6.45, 7) is 7.85. The third-order valence-corrected chi connectivity index (χ3v) is 3.19. The van der Waals surface area contributed by atoms with E-state index in [9.17, 15) is 0 Å². The zero-order valence-electron chi connectivity index (χ0n) is 11.3. The van der Waals surface area contributed by atoms with Crippen LogP contribution < -0.4 is 5.32 Å². The zero-order valence-corrected chi connectivity index (χ0v) is 11.3. The van der Waals surface area contributed by atoms with E-state index in [2.05, 4.69) is 44.3 Å². The van der Waals surface area contributed by atoms with Gasteiger partial charge in [0.15, 0.2) is 0 Å². The first-order valence-electron chi connectivity index (χ1n) is 6.56. The number of aryl methyl sites for hydroxylation is 2. The highest BCUT2D eigenvalue weighted by Gasteiger charge is 2.07. The number of hydrogen-bond acceptors (Lipinski definition) is 2. The van der Waals surface area contributed by atoms with Crippen molar-refractivity contribution in [2.24, 2.45) is 0 Å². The van der Waals surface area contributed by atoms with E-state index in [0.29, 0.717) is 12.6 Å². The van der Waals surface area contributed by atoms with Gasteiger partial charge in [0.25, 0.3) is 0 Å². The van der Waals surface area contributed by atoms with Crippen molar-refractivity contribution in [1.29, 1.82) is 0 Å². The summed E-state index contributed by atoms with van der Waals surface area (Å²) in [5.41, 5.74) is 4.07. The first kappa shape index (κ1) is 14.2. The number of benzene rings is 1. The van der Waals surface area contributed by atoms with Crippen molar-refractivity contribution in [3.8, 4) is 0 Å². The van der Waals surface area contributed by atoms with Crippen LogP contribution in [0.1, 0.15) is 48.9 Å². The molecule has 2 N–H and O–H groups in total. The van der Waals surface area contributed by atoms with E-state index >= 15 is 0 Å². The normalized spacial score (nSPS) is 12.7. The average Bonchev–Trinajstić information content (AvgIpc) is 2.32. The lowest BCUT2D eigenvalue weighted by atomic mass is 10.00. The molecule has 0 saturated heterocycles. The minimum absolute atomic E-state index is 0.312. The zero-order chi connectivity index (χ0) is 12.7. The Bertz CT molecular complexity index is 336. The van der Waals surface area contributed by atoms with E-state index in [0.717, 1.165) is 25.8 Å². The monoisotopic (exact) mass is 235 g/mol. The third-order valence-electron chi connectivity index (χ3n) is 3.19. The summed E-state index contributed by atoms with van der Waals surface area (Å²) in [6.07, 6.45) is 3.15. The highest BCUT2D eigenvalue weighted by atomic mass is 16.2. The van der Waals surface area contributed by atoms with E-state index < -0.39 is 0 Å². The van der Waals surface area contributed by atoms with Gasteiger partial charge in [0.2, 0.25) is 0 Å². The van der Waals surface area contributed by atoms with Crippen LogP contribution in [0.2, 0.25) is 0 Å². The Hall–Kier alpha value is -0.860. The maximum atomic E-state index is 8.70. The second-order valence-corrected chi connectivity index (χ2v) is 4.82. The SMILES string of the molecule is Cc1ccc(C)c(C(C)NCCCCCO)c1. The molecule has 96 valence electrons. The molecule has 0 spiro atoms. The molecule has 1 unspecified atom stereocenters. The summed E-state index contributed by atoms with van der Waals surface area (Å²) < 4.78 is 0. The average molecular weight is 235 g/mol. The summed E-state index contributed by atoms with van der Waals surface area (Å²) in [7, 11) is 0. The Morgan fingerprint density at radius 2 is 1.94 bits per heavy atom. The van der Waals surface area contributed by atoms with Crippen LogP contribution in [0, 0.1) is 13.8 Å². The van der Waals surface area contributed by atoms with Crippen LogP contribution in [0.4, 0.5) is 0 Å². The van der Waals surface area contributed by atoms with Crippen LogP contribution in [0.15, 0.2) is 18.2 Å². The van der Waals surface area contributed by atoms with E-state index in [1.165, 1.54) is 16.7 Å². The molecule has 1 rings (SSSR count). The highest BCUT2D eigenvalue weighted by molar-refractivity contribution is 5.32. The van der Waals surface area contributed by atoms with E-state index in [1.807, 2.05) is 0 Å². The van der Waals surface area contributed by atoms with Crippen molar-refractivity contribution in [2.45, 2.75) is 46.1 Å². The standard InChI is InChI=1S/C15H25NO/c1-12-7-8-13(2)15(11-12)14(3)16-9-5-4-6-10-17/h7-8,11,14,16-17H,4-6,9-10H2,1-3H3. The fraction of sp³-hybridized carbons (Fsp3) is 0.600. The largest absolute Gasteiger partial charge is 0.396 e. The molecule has 0 aromatic heterocycles. The summed E-state index contributed by atoms with van der Waals surface area (Å²) in [5.74, 6) is 0. The third kappa shape index (κ3) is 4.88.